The number of nitriles is 1. The van der Waals surface area contributed by atoms with E-state index in [1.807, 2.05) is 24.3 Å². The van der Waals surface area contributed by atoms with Gasteiger partial charge in [-0.15, -0.1) is 0 Å². The second kappa shape index (κ2) is 4.93. The lowest BCUT2D eigenvalue weighted by atomic mass is 10.1. The lowest BCUT2D eigenvalue weighted by molar-refractivity contribution is 0.392. The van der Waals surface area contributed by atoms with Crippen LogP contribution < -0.4 is 9.47 Å². The van der Waals surface area contributed by atoms with Crippen LogP contribution in [-0.2, 0) is 0 Å². The molecule has 72 valence electrons. The second-order valence-corrected chi connectivity index (χ2v) is 2.54. The van der Waals surface area contributed by atoms with Crippen LogP contribution in [0.5, 0.6) is 11.5 Å². The Kier molecular flexibility index (Phi) is 3.57. The Bertz CT molecular complexity index is 355. The molecule has 3 nitrogen and oxygen atoms in total. The molecule has 0 unspecified atom stereocenters. The number of hydrogen-bond donors (Lipinski definition) is 0. The molecule has 0 radical (unpaired) electrons. The van der Waals surface area contributed by atoms with E-state index >= 15 is 0 Å². The molecule has 1 rings (SSSR count). The SMILES string of the molecule is COc1cccc(OC)c1C=CC#N. The van der Waals surface area contributed by atoms with Crippen LogP contribution in [0.15, 0.2) is 24.3 Å². The normalized spacial score (nSPS) is 9.79. The summed E-state index contributed by atoms with van der Waals surface area (Å²) in [5, 5.41) is 8.44. The van der Waals surface area contributed by atoms with Gasteiger partial charge in [0.2, 0.25) is 0 Å². The fraction of sp³-hybridized carbons (Fsp3) is 0.182. The quantitative estimate of drug-likeness (QED) is 0.685. The van der Waals surface area contributed by atoms with Crippen molar-refractivity contribution in [3.63, 3.8) is 0 Å². The molecule has 0 heterocycles. The Morgan fingerprint density at radius 3 is 2.21 bits per heavy atom. The van der Waals surface area contributed by atoms with Gasteiger partial charge in [0.15, 0.2) is 0 Å². The highest BCUT2D eigenvalue weighted by Gasteiger charge is 2.05. The average molecular weight is 189 g/mol. The monoisotopic (exact) mass is 189 g/mol. The molecule has 0 saturated carbocycles. The van der Waals surface area contributed by atoms with Crippen molar-refractivity contribution in [2.75, 3.05) is 14.2 Å². The number of allylic oxidation sites excluding steroid dienone is 1. The maximum atomic E-state index is 8.44. The minimum atomic E-state index is 0.691. The zero-order valence-corrected chi connectivity index (χ0v) is 8.15. The summed E-state index contributed by atoms with van der Waals surface area (Å²) in [6, 6.07) is 7.40. The Labute approximate surface area is 83.2 Å². The summed E-state index contributed by atoms with van der Waals surface area (Å²) < 4.78 is 10.3. The van der Waals surface area contributed by atoms with Crippen LogP contribution in [0.4, 0.5) is 0 Å². The van der Waals surface area contributed by atoms with Crippen molar-refractivity contribution in [2.45, 2.75) is 0 Å². The van der Waals surface area contributed by atoms with Crippen molar-refractivity contribution < 1.29 is 9.47 Å². The summed E-state index contributed by atoms with van der Waals surface area (Å²) in [6.07, 6.45) is 3.05. The highest BCUT2D eigenvalue weighted by Crippen LogP contribution is 2.29. The summed E-state index contributed by atoms with van der Waals surface area (Å²) in [5.74, 6) is 1.38. The van der Waals surface area contributed by atoms with E-state index in [1.54, 1.807) is 20.3 Å². The number of ether oxygens (including phenoxy) is 2. The number of benzene rings is 1. The van der Waals surface area contributed by atoms with E-state index in [0.717, 1.165) is 5.56 Å². The van der Waals surface area contributed by atoms with Gasteiger partial charge in [-0.2, -0.15) is 5.26 Å². The zero-order chi connectivity index (χ0) is 10.4. The van der Waals surface area contributed by atoms with E-state index in [2.05, 4.69) is 0 Å². The van der Waals surface area contributed by atoms with Gasteiger partial charge in [0.25, 0.3) is 0 Å². The molecule has 0 aliphatic carbocycles. The molecule has 0 saturated heterocycles. The third-order valence-corrected chi connectivity index (χ3v) is 1.79. The first-order chi connectivity index (χ1) is 6.83. The minimum Gasteiger partial charge on any atom is -0.496 e. The van der Waals surface area contributed by atoms with E-state index in [9.17, 15) is 0 Å². The predicted octanol–water partition coefficient (Wildman–Crippen LogP) is 2.24. The largest absolute Gasteiger partial charge is 0.496 e. The first kappa shape index (κ1) is 10.1. The first-order valence-corrected chi connectivity index (χ1v) is 4.10. The lowest BCUT2D eigenvalue weighted by Gasteiger charge is -2.08. The summed E-state index contributed by atoms with van der Waals surface area (Å²) in [6.45, 7) is 0. The molecule has 0 aliphatic heterocycles. The van der Waals surface area contributed by atoms with E-state index < -0.39 is 0 Å². The van der Waals surface area contributed by atoms with Gasteiger partial charge in [-0.05, 0) is 18.2 Å². The number of rotatable bonds is 3. The van der Waals surface area contributed by atoms with Gasteiger partial charge >= 0.3 is 0 Å². The van der Waals surface area contributed by atoms with Crippen molar-refractivity contribution in [2.24, 2.45) is 0 Å². The Morgan fingerprint density at radius 1 is 1.21 bits per heavy atom. The maximum Gasteiger partial charge on any atom is 0.129 e. The zero-order valence-electron chi connectivity index (χ0n) is 8.15. The molecule has 3 heteroatoms. The Balaban J connectivity index is 3.20. The van der Waals surface area contributed by atoms with Crippen LogP contribution in [0.3, 0.4) is 0 Å². The van der Waals surface area contributed by atoms with Gasteiger partial charge in [-0.1, -0.05) is 6.07 Å². The highest BCUT2D eigenvalue weighted by molar-refractivity contribution is 5.65. The predicted molar refractivity (Wildman–Crippen MR) is 54.2 cm³/mol. The Hall–Kier alpha value is -1.95. The van der Waals surface area contributed by atoms with Gasteiger partial charge < -0.3 is 9.47 Å². The van der Waals surface area contributed by atoms with Crippen molar-refractivity contribution in [1.82, 2.24) is 0 Å². The molecule has 14 heavy (non-hydrogen) atoms. The second-order valence-electron chi connectivity index (χ2n) is 2.54. The smallest absolute Gasteiger partial charge is 0.129 e. The van der Waals surface area contributed by atoms with Crippen molar-refractivity contribution in [3.8, 4) is 17.6 Å². The maximum absolute atomic E-state index is 8.44. The number of nitrogens with zero attached hydrogens (tertiary/aromatic N) is 1. The van der Waals surface area contributed by atoms with Crippen LogP contribution in [0.25, 0.3) is 6.08 Å². The molecule has 1 aromatic carbocycles. The fourth-order valence-corrected chi connectivity index (χ4v) is 1.16. The van der Waals surface area contributed by atoms with E-state index in [1.165, 1.54) is 6.08 Å². The van der Waals surface area contributed by atoms with E-state index in [-0.39, 0.29) is 0 Å². The van der Waals surface area contributed by atoms with Gasteiger partial charge in [0, 0.05) is 6.08 Å². The van der Waals surface area contributed by atoms with Crippen molar-refractivity contribution in [1.29, 1.82) is 5.26 Å². The van der Waals surface area contributed by atoms with Crippen LogP contribution in [0.1, 0.15) is 5.56 Å². The molecule has 0 aromatic heterocycles. The summed E-state index contributed by atoms with van der Waals surface area (Å²) >= 11 is 0. The molecule has 0 atom stereocenters. The van der Waals surface area contributed by atoms with Gasteiger partial charge in [0.05, 0.1) is 25.9 Å². The molecule has 0 aliphatic rings. The average Bonchev–Trinajstić information content (AvgIpc) is 2.25. The molecular formula is C11H11NO2. The third-order valence-electron chi connectivity index (χ3n) is 1.79. The van der Waals surface area contributed by atoms with Crippen molar-refractivity contribution >= 4 is 6.08 Å². The lowest BCUT2D eigenvalue weighted by Crippen LogP contribution is -1.91. The van der Waals surface area contributed by atoms with Crippen LogP contribution in [-0.4, -0.2) is 14.2 Å². The van der Waals surface area contributed by atoms with Gasteiger partial charge in [-0.25, -0.2) is 0 Å². The van der Waals surface area contributed by atoms with Crippen molar-refractivity contribution in [3.05, 3.63) is 29.8 Å². The van der Waals surface area contributed by atoms with E-state index in [4.69, 9.17) is 14.7 Å². The van der Waals surface area contributed by atoms with Crippen LogP contribution in [0.2, 0.25) is 0 Å². The standard InChI is InChI=1S/C11H11NO2/c1-13-10-6-3-7-11(14-2)9(10)5-4-8-12/h3-7H,1-2H3. The van der Waals surface area contributed by atoms with Gasteiger partial charge in [0.1, 0.15) is 11.5 Å². The molecule has 0 fully saturated rings. The first-order valence-electron chi connectivity index (χ1n) is 4.10. The van der Waals surface area contributed by atoms with Crippen LogP contribution >= 0.6 is 0 Å². The summed E-state index contributed by atoms with van der Waals surface area (Å²) in [5.41, 5.74) is 0.777. The third kappa shape index (κ3) is 2.05. The van der Waals surface area contributed by atoms with Gasteiger partial charge in [-0.3, -0.25) is 0 Å². The number of hydrogen-bond acceptors (Lipinski definition) is 3. The Morgan fingerprint density at radius 2 is 1.79 bits per heavy atom. The van der Waals surface area contributed by atoms with E-state index in [0.29, 0.717) is 11.5 Å². The molecule has 1 aromatic rings. The summed E-state index contributed by atoms with van der Waals surface area (Å²) in [4.78, 5) is 0. The van der Waals surface area contributed by atoms with Crippen LogP contribution in [0, 0.1) is 11.3 Å². The molecule has 0 spiro atoms. The fourth-order valence-electron chi connectivity index (χ4n) is 1.16. The number of methoxy groups -OCH3 is 2. The molecule has 0 amide bonds. The molecule has 0 N–H and O–H groups in total. The summed E-state index contributed by atoms with van der Waals surface area (Å²) in [7, 11) is 3.16. The minimum absolute atomic E-state index is 0.691. The topological polar surface area (TPSA) is 42.2 Å². The molecule has 0 bridgehead atoms. The highest BCUT2D eigenvalue weighted by atomic mass is 16.5. The molecular weight excluding hydrogens is 178 g/mol.